The van der Waals surface area contributed by atoms with Crippen molar-refractivity contribution in [2.45, 2.75) is 13.8 Å². The molecule has 0 aromatic heterocycles. The lowest BCUT2D eigenvalue weighted by Crippen LogP contribution is -1.99. The highest BCUT2D eigenvalue weighted by Crippen LogP contribution is 2.38. The average Bonchev–Trinajstić information content (AvgIpc) is 3.04. The van der Waals surface area contributed by atoms with Crippen molar-refractivity contribution < 1.29 is 19.8 Å². The molecule has 10 heteroatoms. The Kier molecular flexibility index (Phi) is 7.69. The molecule has 6 N–H and O–H groups in total. The zero-order chi connectivity index (χ0) is 32.5. The number of hydrogen-bond donors (Lipinski definition) is 4. The number of nitrogen functional groups attached to an aromatic ring is 2. The molecule has 0 saturated carbocycles. The zero-order valence-corrected chi connectivity index (χ0v) is 24.9. The molecular formula is C36H28N6O4. The third-order valence-corrected chi connectivity index (χ3v) is 7.85. The normalized spacial score (nSPS) is 11.6. The summed E-state index contributed by atoms with van der Waals surface area (Å²) in [7, 11) is 0. The van der Waals surface area contributed by atoms with Gasteiger partial charge in [-0.1, -0.05) is 60.7 Å². The Morgan fingerprint density at radius 3 is 1.24 bits per heavy atom. The van der Waals surface area contributed by atoms with Crippen LogP contribution in [0.5, 0.6) is 0 Å². The van der Waals surface area contributed by atoms with Gasteiger partial charge in [0, 0.05) is 10.8 Å². The highest BCUT2D eigenvalue weighted by atomic mass is 16.4. The molecule has 226 valence electrons. The van der Waals surface area contributed by atoms with Gasteiger partial charge in [0.1, 0.15) is 11.4 Å². The number of anilines is 2. The highest BCUT2D eigenvalue weighted by molar-refractivity contribution is 6.11. The second-order valence-corrected chi connectivity index (χ2v) is 10.8. The van der Waals surface area contributed by atoms with Crippen molar-refractivity contribution in [3.05, 3.63) is 119 Å². The molecule has 0 aliphatic carbocycles. The first-order chi connectivity index (χ1) is 22.1. The largest absolute Gasteiger partial charge is 0.478 e. The van der Waals surface area contributed by atoms with E-state index in [-0.39, 0.29) is 22.5 Å². The Labute approximate surface area is 263 Å². The Balaban J connectivity index is 1.26. The lowest BCUT2D eigenvalue weighted by atomic mass is 9.96. The number of nitrogens with zero attached hydrogens (tertiary/aromatic N) is 4. The van der Waals surface area contributed by atoms with Crippen LogP contribution in [0.4, 0.5) is 34.1 Å². The second kappa shape index (κ2) is 11.9. The van der Waals surface area contributed by atoms with Crippen LogP contribution in [-0.2, 0) is 0 Å². The fourth-order valence-electron chi connectivity index (χ4n) is 5.53. The quantitative estimate of drug-likeness (QED) is 0.104. The molecule has 0 amide bonds. The van der Waals surface area contributed by atoms with Crippen LogP contribution < -0.4 is 11.5 Å². The fourth-order valence-corrected chi connectivity index (χ4v) is 5.53. The minimum atomic E-state index is -1.07. The minimum absolute atomic E-state index is 0.106. The molecule has 0 radical (unpaired) electrons. The number of aryl methyl sites for hydroxylation is 2. The van der Waals surface area contributed by atoms with Gasteiger partial charge in [-0.05, 0) is 83.3 Å². The maximum atomic E-state index is 11.9. The van der Waals surface area contributed by atoms with Crippen molar-refractivity contribution in [3.8, 4) is 11.1 Å². The van der Waals surface area contributed by atoms with Gasteiger partial charge >= 0.3 is 11.9 Å². The summed E-state index contributed by atoms with van der Waals surface area (Å²) in [4.78, 5) is 23.7. The monoisotopic (exact) mass is 608 g/mol. The molecule has 0 bridgehead atoms. The summed E-state index contributed by atoms with van der Waals surface area (Å²) >= 11 is 0. The SMILES string of the molecule is Cc1cc(N=Nc2cc(C(=O)O)c3ccccc3c2N)ccc1-c1ccc(N=Nc2cc(C(=O)O)c3ccccc3c2N)cc1C. The van der Waals surface area contributed by atoms with E-state index in [0.717, 1.165) is 22.3 Å². The van der Waals surface area contributed by atoms with Gasteiger partial charge in [0.25, 0.3) is 0 Å². The van der Waals surface area contributed by atoms with E-state index in [1.54, 1.807) is 48.5 Å². The van der Waals surface area contributed by atoms with Gasteiger partial charge in [0.15, 0.2) is 0 Å². The van der Waals surface area contributed by atoms with E-state index >= 15 is 0 Å². The maximum absolute atomic E-state index is 11.9. The minimum Gasteiger partial charge on any atom is -0.478 e. The van der Waals surface area contributed by atoms with Gasteiger partial charge in [0.2, 0.25) is 0 Å². The summed E-state index contributed by atoms with van der Waals surface area (Å²) in [5.41, 5.74) is 19.2. The predicted octanol–water partition coefficient (Wildman–Crippen LogP) is 9.67. The summed E-state index contributed by atoms with van der Waals surface area (Å²) in [6, 6.07) is 28.3. The first-order valence-electron chi connectivity index (χ1n) is 14.3. The Hall–Kier alpha value is -6.42. The summed E-state index contributed by atoms with van der Waals surface area (Å²) in [5, 5.41) is 39.0. The Morgan fingerprint density at radius 1 is 0.522 bits per heavy atom. The van der Waals surface area contributed by atoms with Crippen molar-refractivity contribution in [1.29, 1.82) is 0 Å². The Morgan fingerprint density at radius 2 is 0.891 bits per heavy atom. The third kappa shape index (κ3) is 5.50. The number of carboxylic acid groups (broad SMARTS) is 2. The van der Waals surface area contributed by atoms with Crippen LogP contribution in [0.2, 0.25) is 0 Å². The summed E-state index contributed by atoms with van der Waals surface area (Å²) in [6.07, 6.45) is 0. The summed E-state index contributed by atoms with van der Waals surface area (Å²) < 4.78 is 0. The maximum Gasteiger partial charge on any atom is 0.336 e. The number of azo groups is 2. The molecule has 6 aromatic carbocycles. The zero-order valence-electron chi connectivity index (χ0n) is 24.9. The topological polar surface area (TPSA) is 176 Å². The van der Waals surface area contributed by atoms with Crippen LogP contribution in [-0.4, -0.2) is 22.2 Å². The lowest BCUT2D eigenvalue weighted by molar-refractivity contribution is 0.0688. The first kappa shape index (κ1) is 29.6. The van der Waals surface area contributed by atoms with Gasteiger partial charge in [-0.15, -0.1) is 10.2 Å². The van der Waals surface area contributed by atoms with E-state index in [2.05, 4.69) is 20.5 Å². The fraction of sp³-hybridized carbons (Fsp3) is 0.0556. The molecule has 0 aliphatic rings. The molecule has 6 aromatic rings. The molecule has 0 saturated heterocycles. The molecule has 0 fully saturated rings. The number of fused-ring (bicyclic) bond motifs is 2. The average molecular weight is 609 g/mol. The van der Waals surface area contributed by atoms with Crippen molar-refractivity contribution in [2.24, 2.45) is 20.5 Å². The number of hydrogen-bond acceptors (Lipinski definition) is 8. The number of nitrogens with two attached hydrogens (primary N) is 2. The van der Waals surface area contributed by atoms with Crippen LogP contribution in [0.15, 0.2) is 118 Å². The number of benzene rings is 6. The molecule has 0 spiro atoms. The molecule has 6 rings (SSSR count). The van der Waals surface area contributed by atoms with Gasteiger partial charge in [-0.3, -0.25) is 0 Å². The number of aromatic carboxylic acids is 2. The smallest absolute Gasteiger partial charge is 0.336 e. The van der Waals surface area contributed by atoms with E-state index in [9.17, 15) is 19.8 Å². The van der Waals surface area contributed by atoms with Crippen LogP contribution in [0.25, 0.3) is 32.7 Å². The molecule has 46 heavy (non-hydrogen) atoms. The van der Waals surface area contributed by atoms with Crippen molar-refractivity contribution in [2.75, 3.05) is 11.5 Å². The molecule has 0 unspecified atom stereocenters. The van der Waals surface area contributed by atoms with Crippen LogP contribution in [0, 0.1) is 13.8 Å². The van der Waals surface area contributed by atoms with E-state index in [0.29, 0.717) is 44.3 Å². The van der Waals surface area contributed by atoms with Crippen LogP contribution >= 0.6 is 0 Å². The van der Waals surface area contributed by atoms with Crippen molar-refractivity contribution in [1.82, 2.24) is 0 Å². The molecule has 0 aliphatic heterocycles. The van der Waals surface area contributed by atoms with Gasteiger partial charge in [-0.2, -0.15) is 10.2 Å². The van der Waals surface area contributed by atoms with Gasteiger partial charge < -0.3 is 21.7 Å². The standard InChI is InChI=1S/C36H28N6O4/c1-19-15-21(39-41-31-17-29(35(43)44)25-7-3-5-9-27(25)33(31)37)11-13-23(19)24-14-12-22(16-20(24)2)40-42-32-18-30(36(45)46)26-8-4-6-10-28(26)34(32)38/h3-18H,37-38H2,1-2H3,(H,43,44)(H,45,46). The summed E-state index contributed by atoms with van der Waals surface area (Å²) in [5.74, 6) is -2.14. The van der Waals surface area contributed by atoms with Gasteiger partial charge in [-0.25, -0.2) is 9.59 Å². The Bertz CT molecular complexity index is 2120. The number of carbonyl (C=O) groups is 2. The van der Waals surface area contributed by atoms with Crippen LogP contribution in [0.1, 0.15) is 31.8 Å². The van der Waals surface area contributed by atoms with Crippen molar-refractivity contribution >= 4 is 67.6 Å². The lowest BCUT2D eigenvalue weighted by Gasteiger charge is -2.11. The highest BCUT2D eigenvalue weighted by Gasteiger charge is 2.16. The van der Waals surface area contributed by atoms with Gasteiger partial charge in [0.05, 0.1) is 33.9 Å². The van der Waals surface area contributed by atoms with Crippen molar-refractivity contribution in [3.63, 3.8) is 0 Å². The van der Waals surface area contributed by atoms with E-state index < -0.39 is 11.9 Å². The number of rotatable bonds is 7. The molecule has 10 nitrogen and oxygen atoms in total. The van der Waals surface area contributed by atoms with E-state index in [1.807, 2.05) is 50.2 Å². The third-order valence-electron chi connectivity index (χ3n) is 7.85. The first-order valence-corrected chi connectivity index (χ1v) is 14.3. The summed E-state index contributed by atoms with van der Waals surface area (Å²) in [6.45, 7) is 3.94. The molecular weight excluding hydrogens is 580 g/mol. The van der Waals surface area contributed by atoms with Crippen LogP contribution in [0.3, 0.4) is 0 Å². The second-order valence-electron chi connectivity index (χ2n) is 10.8. The molecule has 0 atom stereocenters. The molecule has 0 heterocycles. The van der Waals surface area contributed by atoms with E-state index in [4.69, 9.17) is 11.5 Å². The number of carboxylic acids is 2. The predicted molar refractivity (Wildman–Crippen MR) is 180 cm³/mol. The van der Waals surface area contributed by atoms with E-state index in [1.165, 1.54) is 12.1 Å².